The molecule has 43 heavy (non-hydrogen) atoms. The molecule has 0 bridgehead atoms. The van der Waals surface area contributed by atoms with Gasteiger partial charge in [0.25, 0.3) is 0 Å². The molecule has 3 aromatic carbocycles. The predicted molar refractivity (Wildman–Crippen MR) is 177 cm³/mol. The molecule has 0 amide bonds. The summed E-state index contributed by atoms with van der Waals surface area (Å²) < 4.78 is 28.1. The summed E-state index contributed by atoms with van der Waals surface area (Å²) in [6.45, 7) is 8.48. The van der Waals surface area contributed by atoms with E-state index in [0.717, 1.165) is 45.1 Å². The second-order valence-corrected chi connectivity index (χ2v) is 19.6. The Bertz CT molecular complexity index is 1180. The fourth-order valence-corrected chi connectivity index (χ4v) is 13.6. The summed E-state index contributed by atoms with van der Waals surface area (Å²) in [6.07, 6.45) is 5.33. The fourth-order valence-electron chi connectivity index (χ4n) is 6.57. The summed E-state index contributed by atoms with van der Waals surface area (Å²) in [6, 6.07) is 32.5. The average Bonchev–Trinajstić information content (AvgIpc) is 3.04. The molecule has 2 heterocycles. The van der Waals surface area contributed by atoms with Crippen molar-refractivity contribution < 1.29 is 23.7 Å². The van der Waals surface area contributed by atoms with Crippen LogP contribution in [0.3, 0.4) is 0 Å². The topological polar surface area (TPSA) is 57.2 Å². The van der Waals surface area contributed by atoms with Gasteiger partial charge in [-0.3, -0.25) is 0 Å². The molecule has 0 aliphatic carbocycles. The molecular weight excluding hydrogens is 619 g/mol. The molecule has 0 radical (unpaired) electrons. The van der Waals surface area contributed by atoms with Gasteiger partial charge in [0.1, 0.15) is 0 Å². The average molecular weight is 668 g/mol. The van der Waals surface area contributed by atoms with Crippen LogP contribution >= 0.6 is 0 Å². The molecule has 2 aliphatic heterocycles. The van der Waals surface area contributed by atoms with Crippen LogP contribution in [0.4, 0.5) is 0 Å². The van der Waals surface area contributed by atoms with E-state index >= 15 is 0 Å². The first kappa shape index (κ1) is 32.6. The van der Waals surface area contributed by atoms with Crippen molar-refractivity contribution in [2.24, 2.45) is 0 Å². The van der Waals surface area contributed by atoms with Gasteiger partial charge >= 0.3 is 266 Å². The van der Waals surface area contributed by atoms with E-state index in [9.17, 15) is 5.11 Å². The molecule has 2 saturated heterocycles. The molecule has 5 rings (SSSR count). The van der Waals surface area contributed by atoms with Crippen molar-refractivity contribution in [1.82, 2.24) is 0 Å². The van der Waals surface area contributed by atoms with Crippen molar-refractivity contribution >= 4 is 38.1 Å². The Morgan fingerprint density at radius 2 is 1.33 bits per heavy atom. The molecule has 5 nitrogen and oxygen atoms in total. The standard InChI is InChI=1S/C36H48O5SeSi/c1-36(2,3)43(29-17-9-5-10-18-29,30-19-11-6-12-20-30)41-33-22-14-25-38-31(33)23-24-35(42-28-15-7-4-8-16-28)40-32-21-13-26-39-34(32)27-37/h4-12,15-20,31-35,37H,13-14,21-27H2,1-3H3/t31-,32-,33+,34+,35-/m0/s1. The first-order valence-electron chi connectivity index (χ1n) is 15.9. The van der Waals surface area contributed by atoms with Crippen molar-refractivity contribution in [1.29, 1.82) is 0 Å². The number of ether oxygens (including phenoxy) is 3. The molecule has 0 aromatic heterocycles. The summed E-state index contributed by atoms with van der Waals surface area (Å²) in [5.41, 5.74) is 0. The monoisotopic (exact) mass is 668 g/mol. The number of benzene rings is 3. The molecule has 0 unspecified atom stereocenters. The summed E-state index contributed by atoms with van der Waals surface area (Å²) in [5.74, 6) is 0. The summed E-state index contributed by atoms with van der Waals surface area (Å²) >= 11 is 0.127. The third-order valence-electron chi connectivity index (χ3n) is 8.71. The molecule has 5 atom stereocenters. The van der Waals surface area contributed by atoms with Crippen LogP contribution in [0.5, 0.6) is 0 Å². The molecule has 7 heteroatoms. The van der Waals surface area contributed by atoms with Gasteiger partial charge in [-0.2, -0.15) is 0 Å². The number of aliphatic hydroxyl groups is 1. The van der Waals surface area contributed by atoms with Crippen LogP contribution in [-0.2, 0) is 18.6 Å². The predicted octanol–water partition coefficient (Wildman–Crippen LogP) is 4.80. The number of rotatable bonds is 12. The Kier molecular flexibility index (Phi) is 11.7. The van der Waals surface area contributed by atoms with Crippen LogP contribution in [0.15, 0.2) is 91.0 Å². The molecule has 0 spiro atoms. The summed E-state index contributed by atoms with van der Waals surface area (Å²) in [7, 11) is -2.70. The second-order valence-electron chi connectivity index (χ2n) is 12.7. The quantitative estimate of drug-likeness (QED) is 0.282. The SMILES string of the molecule is CC(C)(C)[Si](O[C@@H]1CCCO[C@H]1CC[C@@H](O[C@H]1CCCO[C@@H]1CO)[Se]c1ccccc1)(c1ccccc1)c1ccccc1. The van der Waals surface area contributed by atoms with Crippen LogP contribution < -0.4 is 14.8 Å². The Hall–Kier alpha value is -1.80. The Labute approximate surface area is 265 Å². The maximum atomic E-state index is 9.96. The van der Waals surface area contributed by atoms with Crippen molar-refractivity contribution in [3.05, 3.63) is 91.0 Å². The molecule has 2 fully saturated rings. The fraction of sp³-hybridized carbons (Fsp3) is 0.500. The zero-order valence-electron chi connectivity index (χ0n) is 25.9. The minimum absolute atomic E-state index is 0.00400. The van der Waals surface area contributed by atoms with E-state index in [0.29, 0.717) is 6.61 Å². The van der Waals surface area contributed by atoms with Crippen molar-refractivity contribution in [3.63, 3.8) is 0 Å². The van der Waals surface area contributed by atoms with Gasteiger partial charge in [0.05, 0.1) is 0 Å². The van der Waals surface area contributed by atoms with Gasteiger partial charge in [-0.25, -0.2) is 0 Å². The van der Waals surface area contributed by atoms with Gasteiger partial charge in [-0.15, -0.1) is 0 Å². The van der Waals surface area contributed by atoms with E-state index < -0.39 is 8.32 Å². The van der Waals surface area contributed by atoms with E-state index in [1.165, 1.54) is 14.8 Å². The molecule has 232 valence electrons. The Balaban J connectivity index is 1.39. The third-order valence-corrected chi connectivity index (χ3v) is 16.2. The molecule has 2 aliphatic rings. The summed E-state index contributed by atoms with van der Waals surface area (Å²) in [4.78, 5) is 0. The van der Waals surface area contributed by atoms with Crippen LogP contribution in [0.25, 0.3) is 0 Å². The minimum atomic E-state index is -2.70. The van der Waals surface area contributed by atoms with Gasteiger partial charge in [-0.05, 0) is 0 Å². The Morgan fingerprint density at radius 3 is 1.88 bits per heavy atom. The summed E-state index contributed by atoms with van der Waals surface area (Å²) in [5, 5.41) is 12.6. The zero-order valence-corrected chi connectivity index (χ0v) is 28.6. The van der Waals surface area contributed by atoms with E-state index in [1.54, 1.807) is 0 Å². The number of hydrogen-bond acceptors (Lipinski definition) is 5. The van der Waals surface area contributed by atoms with Crippen molar-refractivity contribution in [2.75, 3.05) is 19.8 Å². The van der Waals surface area contributed by atoms with Gasteiger partial charge in [0.2, 0.25) is 0 Å². The first-order valence-corrected chi connectivity index (χ1v) is 19.7. The van der Waals surface area contributed by atoms with Gasteiger partial charge < -0.3 is 0 Å². The second kappa shape index (κ2) is 15.5. The van der Waals surface area contributed by atoms with Gasteiger partial charge in [0, 0.05) is 0 Å². The number of aliphatic hydroxyl groups excluding tert-OH is 1. The van der Waals surface area contributed by atoms with Gasteiger partial charge in [-0.1, -0.05) is 0 Å². The normalized spacial score (nSPS) is 24.0. The van der Waals surface area contributed by atoms with Crippen LogP contribution in [0.1, 0.15) is 59.3 Å². The third kappa shape index (κ3) is 8.08. The van der Waals surface area contributed by atoms with E-state index in [4.69, 9.17) is 18.6 Å². The zero-order chi connectivity index (χ0) is 30.1. The van der Waals surface area contributed by atoms with Crippen LogP contribution in [0, 0.1) is 0 Å². The van der Waals surface area contributed by atoms with Crippen LogP contribution in [-0.4, -0.2) is 77.6 Å². The van der Waals surface area contributed by atoms with E-state index in [1.807, 2.05) is 0 Å². The van der Waals surface area contributed by atoms with Crippen LogP contribution in [0.2, 0.25) is 5.04 Å². The number of hydrogen-bond donors (Lipinski definition) is 1. The van der Waals surface area contributed by atoms with E-state index in [2.05, 4.69) is 112 Å². The van der Waals surface area contributed by atoms with Crippen molar-refractivity contribution in [2.45, 2.75) is 93.8 Å². The maximum absolute atomic E-state index is 9.96. The van der Waals surface area contributed by atoms with Gasteiger partial charge in [0.15, 0.2) is 0 Å². The Morgan fingerprint density at radius 1 is 0.791 bits per heavy atom. The molecule has 3 aromatic rings. The molecule has 1 N–H and O–H groups in total. The molecular formula is C36H48O5SeSi. The van der Waals surface area contributed by atoms with Crippen molar-refractivity contribution in [3.8, 4) is 0 Å². The molecule has 0 saturated carbocycles. The first-order chi connectivity index (χ1) is 20.9. The van der Waals surface area contributed by atoms with E-state index in [-0.39, 0.29) is 56.0 Å².